The number of hydrogen-bond acceptors (Lipinski definition) is 5. The van der Waals surface area contributed by atoms with Gasteiger partial charge in [-0.2, -0.15) is 5.10 Å². The van der Waals surface area contributed by atoms with Crippen LogP contribution in [0, 0.1) is 13.8 Å². The number of aromatic nitrogens is 6. The van der Waals surface area contributed by atoms with Gasteiger partial charge in [0.2, 0.25) is 6.33 Å². The highest BCUT2D eigenvalue weighted by atomic mass is 16.5. The minimum Gasteiger partial charge on any atom is -0.426 e. The molecular formula is C19H31N6O2+. The molecule has 8 nitrogen and oxygen atoms in total. The SMILES string of the molecule is C.C.CC(=O)Oc1c(C)cc(C[n+]2cnn(C)c2)cc1C.Cn1cncn1. The van der Waals surface area contributed by atoms with Crippen molar-refractivity contribution in [2.24, 2.45) is 14.1 Å². The number of aryl methyl sites for hydroxylation is 4. The van der Waals surface area contributed by atoms with Crippen LogP contribution in [0.1, 0.15) is 38.5 Å². The maximum Gasteiger partial charge on any atom is 0.308 e. The summed E-state index contributed by atoms with van der Waals surface area (Å²) in [5.74, 6) is 0.369. The first-order chi connectivity index (χ1) is 11.8. The van der Waals surface area contributed by atoms with Gasteiger partial charge in [0.15, 0.2) is 0 Å². The molecule has 0 unspecified atom stereocenters. The van der Waals surface area contributed by atoms with E-state index in [0.717, 1.165) is 23.2 Å². The van der Waals surface area contributed by atoms with E-state index >= 15 is 0 Å². The maximum atomic E-state index is 11.1. The van der Waals surface area contributed by atoms with Gasteiger partial charge in [-0.05, 0) is 42.7 Å². The quantitative estimate of drug-likeness (QED) is 0.399. The molecule has 0 aliphatic rings. The van der Waals surface area contributed by atoms with E-state index in [4.69, 9.17) is 4.74 Å². The number of nitrogens with zero attached hydrogens (tertiary/aromatic N) is 6. The molecule has 0 N–H and O–H groups in total. The minimum absolute atomic E-state index is 0. The first-order valence-electron chi connectivity index (χ1n) is 7.80. The van der Waals surface area contributed by atoms with Crippen LogP contribution in [-0.4, -0.2) is 30.5 Å². The first kappa shape index (κ1) is 24.0. The Hall–Kier alpha value is -3.03. The zero-order chi connectivity index (χ0) is 18.4. The first-order valence-corrected chi connectivity index (χ1v) is 7.80. The average molecular weight is 375 g/mol. The number of hydrogen-bond donors (Lipinski definition) is 0. The minimum atomic E-state index is -0.291. The molecule has 0 saturated heterocycles. The summed E-state index contributed by atoms with van der Waals surface area (Å²) >= 11 is 0. The summed E-state index contributed by atoms with van der Waals surface area (Å²) in [7, 11) is 3.71. The molecule has 0 fully saturated rings. The normalized spacial score (nSPS) is 9.37. The molecule has 148 valence electrons. The zero-order valence-corrected chi connectivity index (χ0v) is 15.2. The van der Waals surface area contributed by atoms with E-state index in [2.05, 4.69) is 15.2 Å². The second-order valence-corrected chi connectivity index (χ2v) is 5.81. The van der Waals surface area contributed by atoms with Gasteiger partial charge < -0.3 is 4.74 Å². The fourth-order valence-corrected chi connectivity index (χ4v) is 2.42. The lowest BCUT2D eigenvalue weighted by molar-refractivity contribution is -0.689. The molecule has 0 atom stereocenters. The molecule has 0 aliphatic heterocycles. The van der Waals surface area contributed by atoms with Crippen LogP contribution in [0.25, 0.3) is 0 Å². The van der Waals surface area contributed by atoms with Crippen molar-refractivity contribution in [3.05, 3.63) is 54.1 Å². The Morgan fingerprint density at radius 3 is 2.11 bits per heavy atom. The van der Waals surface area contributed by atoms with Crippen LogP contribution < -0.4 is 9.30 Å². The van der Waals surface area contributed by atoms with Crippen LogP contribution in [0.4, 0.5) is 0 Å². The van der Waals surface area contributed by atoms with Crippen LogP contribution in [-0.2, 0) is 25.4 Å². The second-order valence-electron chi connectivity index (χ2n) is 5.81. The molecule has 27 heavy (non-hydrogen) atoms. The summed E-state index contributed by atoms with van der Waals surface area (Å²) in [5, 5.41) is 7.85. The van der Waals surface area contributed by atoms with Crippen LogP contribution in [0.5, 0.6) is 5.75 Å². The third kappa shape index (κ3) is 7.39. The highest BCUT2D eigenvalue weighted by Gasteiger charge is 2.10. The molecule has 0 radical (unpaired) electrons. The molecule has 2 aromatic heterocycles. The average Bonchev–Trinajstić information content (AvgIpc) is 3.15. The number of rotatable bonds is 3. The van der Waals surface area contributed by atoms with Gasteiger partial charge in [-0.3, -0.25) is 9.48 Å². The predicted molar refractivity (Wildman–Crippen MR) is 104 cm³/mol. The van der Waals surface area contributed by atoms with Gasteiger partial charge >= 0.3 is 5.97 Å². The second kappa shape index (κ2) is 10.8. The van der Waals surface area contributed by atoms with Crippen molar-refractivity contribution in [3.8, 4) is 5.75 Å². The van der Waals surface area contributed by atoms with Gasteiger partial charge in [-0.1, -0.05) is 14.9 Å². The number of benzene rings is 1. The van der Waals surface area contributed by atoms with Crippen LogP contribution in [0.3, 0.4) is 0 Å². The third-order valence-electron chi connectivity index (χ3n) is 3.36. The highest BCUT2D eigenvalue weighted by Crippen LogP contribution is 2.24. The lowest BCUT2D eigenvalue weighted by atomic mass is 10.1. The summed E-state index contributed by atoms with van der Waals surface area (Å²) in [6.45, 7) is 6.06. The van der Waals surface area contributed by atoms with Crippen molar-refractivity contribution < 1.29 is 14.1 Å². The summed E-state index contributed by atoms with van der Waals surface area (Å²) in [6.07, 6.45) is 6.84. The fraction of sp³-hybridized carbons (Fsp3) is 0.421. The summed E-state index contributed by atoms with van der Waals surface area (Å²) < 4.78 is 10.6. The van der Waals surface area contributed by atoms with Crippen LogP contribution in [0.2, 0.25) is 0 Å². The summed E-state index contributed by atoms with van der Waals surface area (Å²) in [6, 6.07) is 4.07. The molecule has 2 heterocycles. The molecule has 3 rings (SSSR count). The Bertz CT molecular complexity index is 817. The molecule has 0 aliphatic carbocycles. The largest absolute Gasteiger partial charge is 0.426 e. The number of esters is 1. The van der Waals surface area contributed by atoms with Crippen molar-refractivity contribution in [1.82, 2.24) is 24.5 Å². The Morgan fingerprint density at radius 1 is 1.11 bits per heavy atom. The van der Waals surface area contributed by atoms with Crippen molar-refractivity contribution in [1.29, 1.82) is 0 Å². The van der Waals surface area contributed by atoms with Crippen LogP contribution in [0.15, 0.2) is 37.4 Å². The molecule has 8 heteroatoms. The van der Waals surface area contributed by atoms with E-state index in [1.54, 1.807) is 22.0 Å². The molecule has 0 bridgehead atoms. The van der Waals surface area contributed by atoms with Gasteiger partial charge in [-0.25, -0.2) is 9.55 Å². The molecule has 0 saturated carbocycles. The van der Waals surface area contributed by atoms with Crippen molar-refractivity contribution in [3.63, 3.8) is 0 Å². The van der Waals surface area contributed by atoms with Gasteiger partial charge in [0, 0.05) is 19.1 Å². The maximum absolute atomic E-state index is 11.1. The Balaban J connectivity index is 0.000000724. The lowest BCUT2D eigenvalue weighted by Gasteiger charge is -2.11. The summed E-state index contributed by atoms with van der Waals surface area (Å²) in [5.41, 5.74) is 3.09. The molecule has 0 spiro atoms. The lowest BCUT2D eigenvalue weighted by Crippen LogP contribution is -2.31. The topological polar surface area (TPSA) is 78.7 Å². The molecule has 1 aromatic carbocycles. The van der Waals surface area contributed by atoms with Gasteiger partial charge in [0.25, 0.3) is 6.33 Å². The number of ether oxygens (including phenoxy) is 1. The van der Waals surface area contributed by atoms with E-state index in [0.29, 0.717) is 5.75 Å². The predicted octanol–water partition coefficient (Wildman–Crippen LogP) is 2.39. The van der Waals surface area contributed by atoms with Crippen molar-refractivity contribution in [2.75, 3.05) is 0 Å². The monoisotopic (exact) mass is 375 g/mol. The third-order valence-corrected chi connectivity index (χ3v) is 3.36. The van der Waals surface area contributed by atoms with E-state index in [9.17, 15) is 4.79 Å². The Morgan fingerprint density at radius 2 is 1.74 bits per heavy atom. The number of carbonyl (C=O) groups excluding carboxylic acids is 1. The van der Waals surface area contributed by atoms with Gasteiger partial charge in [0.05, 0.1) is 13.6 Å². The summed E-state index contributed by atoms with van der Waals surface area (Å²) in [4.78, 5) is 14.7. The van der Waals surface area contributed by atoms with E-state index in [1.807, 2.05) is 51.0 Å². The van der Waals surface area contributed by atoms with E-state index < -0.39 is 0 Å². The van der Waals surface area contributed by atoms with Gasteiger partial charge in [-0.15, -0.1) is 4.68 Å². The molecular weight excluding hydrogens is 344 g/mol. The zero-order valence-electron chi connectivity index (χ0n) is 15.2. The van der Waals surface area contributed by atoms with Crippen molar-refractivity contribution in [2.45, 2.75) is 42.2 Å². The van der Waals surface area contributed by atoms with Crippen LogP contribution >= 0.6 is 0 Å². The highest BCUT2D eigenvalue weighted by molar-refractivity contribution is 5.70. The molecule has 0 amide bonds. The van der Waals surface area contributed by atoms with Crippen molar-refractivity contribution >= 4 is 5.97 Å². The fourth-order valence-electron chi connectivity index (χ4n) is 2.42. The Labute approximate surface area is 161 Å². The number of carbonyl (C=O) groups is 1. The Kier molecular flexibility index (Phi) is 9.63. The van der Waals surface area contributed by atoms with Gasteiger partial charge in [0.1, 0.15) is 18.4 Å². The van der Waals surface area contributed by atoms with E-state index in [-0.39, 0.29) is 20.8 Å². The smallest absolute Gasteiger partial charge is 0.308 e. The standard InChI is InChI=1S/C14H18N3O2.C3H5N3.2CH4/c1-10-5-13(7-17-8-15-16(4)9-17)6-11(2)14(10)19-12(3)18;1-6-3-4-2-5-6;;/h5-6,8-9H,7H2,1-4H3;2-3H,1H3;2*1H4/q+1;;;. The van der Waals surface area contributed by atoms with E-state index in [1.165, 1.54) is 13.3 Å². The molecule has 3 aromatic rings.